The Balaban J connectivity index is 1.61. The number of carbonyl (C=O) groups excluding carboxylic acids is 2. The van der Waals surface area contributed by atoms with Crippen LogP contribution in [-0.4, -0.2) is 11.8 Å². The summed E-state index contributed by atoms with van der Waals surface area (Å²) >= 11 is 0. The maximum Gasteiger partial charge on any atom is 0.227 e. The molecule has 1 aliphatic heterocycles. The number of nitrogens with one attached hydrogen (secondary N) is 2. The van der Waals surface area contributed by atoms with E-state index < -0.39 is 0 Å². The molecule has 130 valence electrons. The summed E-state index contributed by atoms with van der Waals surface area (Å²) in [6.45, 7) is 4.08. The van der Waals surface area contributed by atoms with Gasteiger partial charge in [0, 0.05) is 23.7 Å². The lowest BCUT2D eigenvalue weighted by atomic mass is 9.89. The van der Waals surface area contributed by atoms with Gasteiger partial charge in [-0.2, -0.15) is 0 Å². The molecule has 0 saturated carbocycles. The van der Waals surface area contributed by atoms with E-state index in [0.717, 1.165) is 34.5 Å². The Labute approximate surface area is 148 Å². The largest absolute Gasteiger partial charge is 0.326 e. The molecule has 2 N–H and O–H groups in total. The lowest BCUT2D eigenvalue weighted by Crippen LogP contribution is -2.30. The highest BCUT2D eigenvalue weighted by Gasteiger charge is 2.26. The SMILES string of the molecule is CCc1cccc(C)c1NC(=O)CCC1Cc2ccccc2NC1=O. The summed E-state index contributed by atoms with van der Waals surface area (Å²) in [5.41, 5.74) is 5.14. The van der Waals surface area contributed by atoms with Crippen LogP contribution in [0.15, 0.2) is 42.5 Å². The lowest BCUT2D eigenvalue weighted by molar-refractivity contribution is -0.121. The van der Waals surface area contributed by atoms with E-state index in [1.165, 1.54) is 0 Å². The molecule has 3 rings (SSSR count). The van der Waals surface area contributed by atoms with Crippen molar-refractivity contribution in [3.8, 4) is 0 Å². The molecule has 4 nitrogen and oxygen atoms in total. The van der Waals surface area contributed by atoms with Crippen LogP contribution in [0.4, 0.5) is 11.4 Å². The summed E-state index contributed by atoms with van der Waals surface area (Å²) in [6.07, 6.45) is 2.47. The van der Waals surface area contributed by atoms with E-state index in [4.69, 9.17) is 0 Å². The van der Waals surface area contributed by atoms with Crippen molar-refractivity contribution in [1.82, 2.24) is 0 Å². The molecule has 4 heteroatoms. The maximum atomic E-state index is 12.4. The molecule has 0 spiro atoms. The van der Waals surface area contributed by atoms with Gasteiger partial charge in [-0.25, -0.2) is 0 Å². The fourth-order valence-electron chi connectivity index (χ4n) is 3.36. The Bertz CT molecular complexity index is 798. The van der Waals surface area contributed by atoms with Crippen LogP contribution in [0.3, 0.4) is 0 Å². The molecule has 2 aromatic rings. The number of carbonyl (C=O) groups is 2. The Morgan fingerprint density at radius 1 is 1.20 bits per heavy atom. The van der Waals surface area contributed by atoms with Crippen molar-refractivity contribution >= 4 is 23.2 Å². The molecular formula is C21H24N2O2. The minimum absolute atomic E-state index is 0.0108. The summed E-state index contributed by atoms with van der Waals surface area (Å²) in [5, 5.41) is 5.97. The quantitative estimate of drug-likeness (QED) is 0.864. The first kappa shape index (κ1) is 17.2. The molecule has 0 aromatic heterocycles. The molecule has 1 aliphatic rings. The van der Waals surface area contributed by atoms with E-state index in [1.807, 2.05) is 49.4 Å². The van der Waals surface area contributed by atoms with Gasteiger partial charge in [-0.1, -0.05) is 43.3 Å². The predicted molar refractivity (Wildman–Crippen MR) is 101 cm³/mol. The van der Waals surface area contributed by atoms with Gasteiger partial charge < -0.3 is 10.6 Å². The van der Waals surface area contributed by atoms with Crippen LogP contribution in [0.25, 0.3) is 0 Å². The zero-order valence-corrected chi connectivity index (χ0v) is 14.8. The number of hydrogen-bond acceptors (Lipinski definition) is 2. The van der Waals surface area contributed by atoms with Crippen LogP contribution >= 0.6 is 0 Å². The number of rotatable bonds is 5. The number of para-hydroxylation sites is 2. The summed E-state index contributed by atoms with van der Waals surface area (Å²) in [5.74, 6) is -0.171. The van der Waals surface area contributed by atoms with E-state index >= 15 is 0 Å². The molecule has 1 unspecified atom stereocenters. The van der Waals surface area contributed by atoms with E-state index in [0.29, 0.717) is 19.3 Å². The molecule has 1 atom stereocenters. The smallest absolute Gasteiger partial charge is 0.227 e. The summed E-state index contributed by atoms with van der Waals surface area (Å²) in [6, 6.07) is 13.9. The van der Waals surface area contributed by atoms with Crippen LogP contribution < -0.4 is 10.6 Å². The number of amides is 2. The highest BCUT2D eigenvalue weighted by atomic mass is 16.2. The average molecular weight is 336 g/mol. The first-order chi connectivity index (χ1) is 12.1. The van der Waals surface area contributed by atoms with Crippen molar-refractivity contribution in [2.24, 2.45) is 5.92 Å². The van der Waals surface area contributed by atoms with Gasteiger partial charge >= 0.3 is 0 Å². The molecule has 1 heterocycles. The fraction of sp³-hybridized carbons (Fsp3) is 0.333. The topological polar surface area (TPSA) is 58.2 Å². The average Bonchev–Trinajstić information content (AvgIpc) is 2.61. The van der Waals surface area contributed by atoms with Crippen molar-refractivity contribution in [2.45, 2.75) is 39.5 Å². The molecule has 0 aliphatic carbocycles. The number of aryl methyl sites for hydroxylation is 2. The van der Waals surface area contributed by atoms with Gasteiger partial charge in [-0.15, -0.1) is 0 Å². The van der Waals surface area contributed by atoms with Crippen molar-refractivity contribution in [1.29, 1.82) is 0 Å². The second-order valence-corrected chi connectivity index (χ2v) is 6.60. The highest BCUT2D eigenvalue weighted by Crippen LogP contribution is 2.28. The van der Waals surface area contributed by atoms with E-state index in [9.17, 15) is 9.59 Å². The van der Waals surface area contributed by atoms with Crippen LogP contribution in [0.5, 0.6) is 0 Å². The van der Waals surface area contributed by atoms with Crippen molar-refractivity contribution in [2.75, 3.05) is 10.6 Å². The zero-order valence-electron chi connectivity index (χ0n) is 14.8. The van der Waals surface area contributed by atoms with Crippen LogP contribution in [0, 0.1) is 12.8 Å². The van der Waals surface area contributed by atoms with E-state index in [-0.39, 0.29) is 17.7 Å². The normalized spacial score (nSPS) is 16.1. The number of fused-ring (bicyclic) bond motifs is 1. The van der Waals surface area contributed by atoms with Crippen molar-refractivity contribution in [3.05, 3.63) is 59.2 Å². The fourth-order valence-corrected chi connectivity index (χ4v) is 3.36. The Morgan fingerprint density at radius 2 is 2.00 bits per heavy atom. The molecular weight excluding hydrogens is 312 g/mol. The summed E-state index contributed by atoms with van der Waals surface area (Å²) in [4.78, 5) is 24.6. The van der Waals surface area contributed by atoms with Gasteiger partial charge in [0.15, 0.2) is 0 Å². The Hall–Kier alpha value is -2.62. The standard InChI is InChI=1S/C21H24N2O2/c1-3-15-9-6-7-14(2)20(15)23-19(24)12-11-17-13-16-8-4-5-10-18(16)22-21(17)25/h4-10,17H,3,11-13H2,1-2H3,(H,22,25)(H,23,24). The van der Waals surface area contributed by atoms with E-state index in [2.05, 4.69) is 17.6 Å². The van der Waals surface area contributed by atoms with Gasteiger partial charge in [-0.05, 0) is 48.9 Å². The third-order valence-electron chi connectivity index (χ3n) is 4.84. The van der Waals surface area contributed by atoms with Crippen LogP contribution in [0.1, 0.15) is 36.5 Å². The third-order valence-corrected chi connectivity index (χ3v) is 4.84. The monoisotopic (exact) mass is 336 g/mol. The van der Waals surface area contributed by atoms with Gasteiger partial charge in [0.25, 0.3) is 0 Å². The first-order valence-electron chi connectivity index (χ1n) is 8.85. The summed E-state index contributed by atoms with van der Waals surface area (Å²) in [7, 11) is 0. The number of anilines is 2. The lowest BCUT2D eigenvalue weighted by Gasteiger charge is -2.24. The van der Waals surface area contributed by atoms with Gasteiger partial charge in [-0.3, -0.25) is 9.59 Å². The minimum Gasteiger partial charge on any atom is -0.326 e. The molecule has 0 fully saturated rings. The molecule has 0 bridgehead atoms. The van der Waals surface area contributed by atoms with Crippen LogP contribution in [0.2, 0.25) is 0 Å². The van der Waals surface area contributed by atoms with Gasteiger partial charge in [0.05, 0.1) is 0 Å². The zero-order chi connectivity index (χ0) is 17.8. The van der Waals surface area contributed by atoms with Gasteiger partial charge in [0.1, 0.15) is 0 Å². The summed E-state index contributed by atoms with van der Waals surface area (Å²) < 4.78 is 0. The molecule has 2 aromatic carbocycles. The second-order valence-electron chi connectivity index (χ2n) is 6.60. The second kappa shape index (κ2) is 7.51. The molecule has 0 radical (unpaired) electrons. The first-order valence-corrected chi connectivity index (χ1v) is 8.85. The minimum atomic E-state index is -0.150. The van der Waals surface area contributed by atoms with Crippen molar-refractivity contribution < 1.29 is 9.59 Å². The van der Waals surface area contributed by atoms with Crippen molar-refractivity contribution in [3.63, 3.8) is 0 Å². The Kier molecular flexibility index (Phi) is 5.17. The molecule has 0 saturated heterocycles. The molecule has 25 heavy (non-hydrogen) atoms. The highest BCUT2D eigenvalue weighted by molar-refractivity contribution is 5.97. The maximum absolute atomic E-state index is 12.4. The molecule has 2 amide bonds. The van der Waals surface area contributed by atoms with Crippen LogP contribution in [-0.2, 0) is 22.4 Å². The third kappa shape index (κ3) is 3.90. The predicted octanol–water partition coefficient (Wildman–Crippen LogP) is 4.09. The van der Waals surface area contributed by atoms with Gasteiger partial charge in [0.2, 0.25) is 11.8 Å². The Morgan fingerprint density at radius 3 is 2.80 bits per heavy atom. The number of hydrogen-bond donors (Lipinski definition) is 2. The van der Waals surface area contributed by atoms with E-state index in [1.54, 1.807) is 0 Å². The number of benzene rings is 2.